The Morgan fingerprint density at radius 3 is 2.45 bits per heavy atom. The van der Waals surface area contributed by atoms with Crippen LogP contribution >= 0.6 is 23.2 Å². The van der Waals surface area contributed by atoms with Crippen LogP contribution in [0.4, 0.5) is 11.4 Å². The Morgan fingerprint density at radius 2 is 1.95 bits per heavy atom. The van der Waals surface area contributed by atoms with E-state index in [1.54, 1.807) is 13.8 Å². The highest BCUT2D eigenvalue weighted by Gasteiger charge is 2.18. The molecule has 0 radical (unpaired) electrons. The molecule has 0 aliphatic carbocycles. The average molecular weight is 339 g/mol. The smallest absolute Gasteiger partial charge is 0.225 e. The molecule has 0 saturated heterocycles. The van der Waals surface area contributed by atoms with Gasteiger partial charge in [-0.3, -0.25) is 4.79 Å². The number of halogens is 2. The maximum Gasteiger partial charge on any atom is 0.225 e. The van der Waals surface area contributed by atoms with Crippen LogP contribution in [0.2, 0.25) is 10.0 Å². The van der Waals surface area contributed by atoms with Gasteiger partial charge in [0.25, 0.3) is 0 Å². The predicted molar refractivity (Wildman–Crippen MR) is 83.0 cm³/mol. The van der Waals surface area contributed by atoms with E-state index < -0.39 is 21.0 Å². The fourth-order valence-electron chi connectivity index (χ4n) is 1.40. The van der Waals surface area contributed by atoms with Gasteiger partial charge in [-0.2, -0.15) is 0 Å². The SMILES string of the molecule is CC(C)S(=O)(=O)CCC(=O)Nc1c(N)cc(Cl)cc1Cl. The molecule has 0 aliphatic rings. The van der Waals surface area contributed by atoms with Crippen molar-refractivity contribution in [3.05, 3.63) is 22.2 Å². The summed E-state index contributed by atoms with van der Waals surface area (Å²) in [7, 11) is -3.26. The fraction of sp³-hybridized carbons (Fsp3) is 0.417. The lowest BCUT2D eigenvalue weighted by atomic mass is 10.2. The van der Waals surface area contributed by atoms with Crippen molar-refractivity contribution in [3.63, 3.8) is 0 Å². The van der Waals surface area contributed by atoms with Crippen LogP contribution in [0.3, 0.4) is 0 Å². The van der Waals surface area contributed by atoms with E-state index in [4.69, 9.17) is 28.9 Å². The van der Waals surface area contributed by atoms with E-state index in [9.17, 15) is 13.2 Å². The summed E-state index contributed by atoms with van der Waals surface area (Å²) < 4.78 is 23.2. The molecule has 1 aromatic rings. The molecule has 0 saturated carbocycles. The first-order valence-corrected chi connectivity index (χ1v) is 8.36. The average Bonchev–Trinajstić information content (AvgIpc) is 2.31. The van der Waals surface area contributed by atoms with Gasteiger partial charge in [-0.15, -0.1) is 0 Å². The van der Waals surface area contributed by atoms with Gasteiger partial charge in [0.1, 0.15) is 0 Å². The Labute approximate surface area is 128 Å². The van der Waals surface area contributed by atoms with Crippen molar-refractivity contribution >= 4 is 50.3 Å². The van der Waals surface area contributed by atoms with E-state index in [0.717, 1.165) is 0 Å². The Bertz CT molecular complexity index is 592. The zero-order valence-corrected chi connectivity index (χ0v) is 13.4. The molecule has 0 aromatic heterocycles. The van der Waals surface area contributed by atoms with E-state index in [2.05, 4.69) is 5.32 Å². The second kappa shape index (κ2) is 6.65. The highest BCUT2D eigenvalue weighted by Crippen LogP contribution is 2.32. The second-order valence-electron chi connectivity index (χ2n) is 4.57. The Balaban J connectivity index is 2.74. The normalized spacial score (nSPS) is 11.7. The number of hydrogen-bond donors (Lipinski definition) is 2. The minimum absolute atomic E-state index is 0.154. The Morgan fingerprint density at radius 1 is 1.35 bits per heavy atom. The van der Waals surface area contributed by atoms with E-state index in [1.807, 2.05) is 0 Å². The number of benzene rings is 1. The van der Waals surface area contributed by atoms with Crippen LogP contribution in [-0.2, 0) is 14.6 Å². The predicted octanol–water partition coefficient (Wildman–Crippen LogP) is 2.73. The van der Waals surface area contributed by atoms with Gasteiger partial charge in [-0.05, 0) is 26.0 Å². The van der Waals surface area contributed by atoms with Crippen LogP contribution in [-0.4, -0.2) is 25.3 Å². The van der Waals surface area contributed by atoms with Crippen LogP contribution in [0.15, 0.2) is 12.1 Å². The monoisotopic (exact) mass is 338 g/mol. The van der Waals surface area contributed by atoms with E-state index >= 15 is 0 Å². The molecule has 0 fully saturated rings. The number of rotatable bonds is 5. The van der Waals surface area contributed by atoms with Crippen LogP contribution in [0.25, 0.3) is 0 Å². The summed E-state index contributed by atoms with van der Waals surface area (Å²) in [5.74, 6) is -0.688. The number of amides is 1. The molecule has 112 valence electrons. The van der Waals surface area contributed by atoms with Gasteiger partial charge in [-0.1, -0.05) is 23.2 Å². The number of anilines is 2. The first kappa shape index (κ1) is 17.1. The van der Waals surface area contributed by atoms with Gasteiger partial charge in [-0.25, -0.2) is 8.42 Å². The standard InChI is InChI=1S/C12H16Cl2N2O3S/c1-7(2)20(18,19)4-3-11(17)16-12-9(14)5-8(13)6-10(12)15/h5-7H,3-4,15H2,1-2H3,(H,16,17). The Hall–Kier alpha value is -0.980. The molecule has 0 spiro atoms. The number of nitrogens with one attached hydrogen (secondary N) is 1. The summed E-state index contributed by atoms with van der Waals surface area (Å²) in [6.07, 6.45) is -0.154. The number of sulfone groups is 1. The van der Waals surface area contributed by atoms with E-state index in [0.29, 0.717) is 5.02 Å². The molecule has 8 heteroatoms. The lowest BCUT2D eigenvalue weighted by molar-refractivity contribution is -0.115. The molecular formula is C12H16Cl2N2O3S. The summed E-state index contributed by atoms with van der Waals surface area (Å²) in [6, 6.07) is 2.90. The van der Waals surface area contributed by atoms with E-state index in [1.165, 1.54) is 12.1 Å². The van der Waals surface area contributed by atoms with Crippen LogP contribution in [0, 0.1) is 0 Å². The van der Waals surface area contributed by atoms with Crippen LogP contribution < -0.4 is 11.1 Å². The first-order chi connectivity index (χ1) is 9.13. The van der Waals surface area contributed by atoms with Gasteiger partial charge in [0.2, 0.25) is 5.91 Å². The lowest BCUT2D eigenvalue weighted by Crippen LogP contribution is -2.22. The molecule has 1 aromatic carbocycles. The number of nitrogen functional groups attached to an aromatic ring is 1. The third-order valence-corrected chi connectivity index (χ3v) is 5.41. The maximum atomic E-state index is 11.7. The van der Waals surface area contributed by atoms with Crippen molar-refractivity contribution in [3.8, 4) is 0 Å². The largest absolute Gasteiger partial charge is 0.397 e. The number of carbonyl (C=O) groups excluding carboxylic acids is 1. The summed E-state index contributed by atoms with van der Waals surface area (Å²) in [5, 5.41) is 2.54. The van der Waals surface area contributed by atoms with Crippen molar-refractivity contribution in [1.29, 1.82) is 0 Å². The minimum atomic E-state index is -3.26. The zero-order valence-electron chi connectivity index (χ0n) is 11.1. The summed E-state index contributed by atoms with van der Waals surface area (Å²) >= 11 is 11.7. The van der Waals surface area contributed by atoms with Crippen LogP contribution in [0.1, 0.15) is 20.3 Å². The van der Waals surface area contributed by atoms with Crippen molar-refractivity contribution in [2.24, 2.45) is 0 Å². The number of nitrogens with two attached hydrogens (primary N) is 1. The molecule has 1 rings (SSSR count). The van der Waals surface area contributed by atoms with Crippen molar-refractivity contribution < 1.29 is 13.2 Å². The van der Waals surface area contributed by atoms with E-state index in [-0.39, 0.29) is 28.6 Å². The van der Waals surface area contributed by atoms with Crippen molar-refractivity contribution in [2.45, 2.75) is 25.5 Å². The van der Waals surface area contributed by atoms with Gasteiger partial charge >= 0.3 is 0 Å². The topological polar surface area (TPSA) is 89.3 Å². The molecule has 1 amide bonds. The first-order valence-electron chi connectivity index (χ1n) is 5.89. The highest BCUT2D eigenvalue weighted by atomic mass is 35.5. The molecule has 5 nitrogen and oxygen atoms in total. The van der Waals surface area contributed by atoms with Crippen molar-refractivity contribution in [2.75, 3.05) is 16.8 Å². The third-order valence-electron chi connectivity index (χ3n) is 2.68. The van der Waals surface area contributed by atoms with Gasteiger partial charge < -0.3 is 11.1 Å². The number of hydrogen-bond acceptors (Lipinski definition) is 4. The fourth-order valence-corrected chi connectivity index (χ4v) is 2.90. The molecule has 0 bridgehead atoms. The molecule has 0 heterocycles. The summed E-state index contributed by atoms with van der Waals surface area (Å²) in [4.78, 5) is 11.7. The minimum Gasteiger partial charge on any atom is -0.397 e. The molecule has 3 N–H and O–H groups in total. The van der Waals surface area contributed by atoms with Gasteiger partial charge in [0.15, 0.2) is 9.84 Å². The highest BCUT2D eigenvalue weighted by molar-refractivity contribution is 7.91. The summed E-state index contributed by atoms with van der Waals surface area (Å²) in [5.41, 5.74) is 6.16. The third kappa shape index (κ3) is 4.54. The molecule has 0 atom stereocenters. The Kier molecular flexibility index (Phi) is 5.68. The van der Waals surface area contributed by atoms with Crippen LogP contribution in [0.5, 0.6) is 0 Å². The molecule has 0 aliphatic heterocycles. The molecule has 20 heavy (non-hydrogen) atoms. The molecular weight excluding hydrogens is 323 g/mol. The molecule has 0 unspecified atom stereocenters. The maximum absolute atomic E-state index is 11.7. The number of carbonyl (C=O) groups is 1. The quantitative estimate of drug-likeness (QED) is 0.807. The summed E-state index contributed by atoms with van der Waals surface area (Å²) in [6.45, 7) is 3.14. The zero-order chi connectivity index (χ0) is 15.5. The van der Waals surface area contributed by atoms with Gasteiger partial charge in [0, 0.05) is 11.4 Å². The second-order valence-corrected chi connectivity index (χ2v) is 8.09. The lowest BCUT2D eigenvalue weighted by Gasteiger charge is -2.11. The van der Waals surface area contributed by atoms with Gasteiger partial charge in [0.05, 0.1) is 27.4 Å². The van der Waals surface area contributed by atoms with Crippen molar-refractivity contribution in [1.82, 2.24) is 0 Å².